The second kappa shape index (κ2) is 7.34. The molecule has 0 fully saturated rings. The molecule has 0 saturated carbocycles. The Balaban J connectivity index is 1.87. The lowest BCUT2D eigenvalue weighted by molar-refractivity contribution is 0.102. The van der Waals surface area contributed by atoms with Crippen LogP contribution in [0.3, 0.4) is 0 Å². The predicted octanol–water partition coefficient (Wildman–Crippen LogP) is 6.19. The molecule has 1 amide bonds. The number of carbonyl (C=O) groups is 1. The number of nitrogens with zero attached hydrogens (tertiary/aromatic N) is 2. The van der Waals surface area contributed by atoms with Crippen molar-refractivity contribution in [2.75, 3.05) is 5.32 Å². The topological polar surface area (TPSA) is 54.9 Å². The van der Waals surface area contributed by atoms with Gasteiger partial charge in [-0.15, -0.1) is 11.3 Å². The van der Waals surface area contributed by atoms with Gasteiger partial charge in [0.15, 0.2) is 5.13 Å². The number of fused-ring (bicyclic) bond motifs is 1. The first-order chi connectivity index (χ1) is 13.4. The Kier molecular flexibility index (Phi) is 4.87. The number of benzene rings is 2. The van der Waals surface area contributed by atoms with Gasteiger partial charge in [0.2, 0.25) is 0 Å². The number of nitrogens with one attached hydrogen (secondary N) is 1. The van der Waals surface area contributed by atoms with Gasteiger partial charge >= 0.3 is 0 Å². The molecule has 0 aliphatic rings. The summed E-state index contributed by atoms with van der Waals surface area (Å²) in [6, 6.07) is 15.2. The Labute approximate surface area is 172 Å². The minimum absolute atomic E-state index is 0.180. The van der Waals surface area contributed by atoms with Crippen LogP contribution in [0.4, 0.5) is 5.13 Å². The molecule has 28 heavy (non-hydrogen) atoms. The van der Waals surface area contributed by atoms with Gasteiger partial charge in [-0.25, -0.2) is 9.97 Å². The summed E-state index contributed by atoms with van der Waals surface area (Å²) < 4.78 is 0. The van der Waals surface area contributed by atoms with Crippen LogP contribution in [0.5, 0.6) is 0 Å². The molecule has 0 radical (unpaired) electrons. The van der Waals surface area contributed by atoms with Crippen LogP contribution in [0.2, 0.25) is 5.02 Å². The molecule has 2 heterocycles. The molecular weight excluding hydrogens is 390 g/mol. The number of thiazole rings is 1. The van der Waals surface area contributed by atoms with Crippen molar-refractivity contribution in [2.45, 2.75) is 20.8 Å². The lowest BCUT2D eigenvalue weighted by atomic mass is 9.97. The van der Waals surface area contributed by atoms with Crippen LogP contribution in [-0.4, -0.2) is 15.9 Å². The molecule has 1 N–H and O–H groups in total. The standard InChI is InChI=1S/C22H18ClN3OS/c1-12-19(21(27)26-22-24-13(2)14(3)28-22)17-6-4-5-7-18(17)25-20(12)15-8-10-16(23)11-9-15/h4-11H,1-3H3,(H,24,26,27). The molecule has 6 heteroatoms. The van der Waals surface area contributed by atoms with E-state index in [0.717, 1.165) is 38.3 Å². The van der Waals surface area contributed by atoms with Crippen LogP contribution < -0.4 is 5.32 Å². The first-order valence-electron chi connectivity index (χ1n) is 8.84. The van der Waals surface area contributed by atoms with Gasteiger partial charge in [0, 0.05) is 20.8 Å². The Morgan fingerprint density at radius 3 is 2.39 bits per heavy atom. The van der Waals surface area contributed by atoms with Crippen LogP contribution in [-0.2, 0) is 0 Å². The zero-order valence-electron chi connectivity index (χ0n) is 15.7. The third kappa shape index (κ3) is 3.39. The van der Waals surface area contributed by atoms with E-state index in [1.54, 1.807) is 0 Å². The van der Waals surface area contributed by atoms with E-state index in [-0.39, 0.29) is 5.91 Å². The molecule has 2 aromatic heterocycles. The first-order valence-corrected chi connectivity index (χ1v) is 10.0. The van der Waals surface area contributed by atoms with Crippen LogP contribution in [0.15, 0.2) is 48.5 Å². The highest BCUT2D eigenvalue weighted by Gasteiger charge is 2.20. The van der Waals surface area contributed by atoms with E-state index in [0.29, 0.717) is 15.7 Å². The maximum atomic E-state index is 13.2. The maximum absolute atomic E-state index is 13.2. The lowest BCUT2D eigenvalue weighted by Crippen LogP contribution is -2.15. The number of pyridine rings is 1. The second-order valence-corrected chi connectivity index (χ2v) is 8.24. The maximum Gasteiger partial charge on any atom is 0.258 e. The molecule has 0 spiro atoms. The summed E-state index contributed by atoms with van der Waals surface area (Å²) in [5, 5.41) is 5.05. The van der Waals surface area contributed by atoms with Crippen molar-refractivity contribution in [3.8, 4) is 11.3 Å². The largest absolute Gasteiger partial charge is 0.298 e. The number of amides is 1. The van der Waals surface area contributed by atoms with Gasteiger partial charge in [0.1, 0.15) is 0 Å². The number of rotatable bonds is 3. The SMILES string of the molecule is Cc1nc(NC(=O)c2c(C)c(-c3ccc(Cl)cc3)nc3ccccc23)sc1C. The molecule has 0 aliphatic heterocycles. The van der Waals surface area contributed by atoms with E-state index < -0.39 is 0 Å². The number of carbonyl (C=O) groups excluding carboxylic acids is 1. The Morgan fingerprint density at radius 1 is 1.00 bits per heavy atom. The van der Waals surface area contributed by atoms with E-state index in [1.807, 2.05) is 69.3 Å². The van der Waals surface area contributed by atoms with Gasteiger partial charge in [-0.2, -0.15) is 0 Å². The van der Waals surface area contributed by atoms with Crippen LogP contribution in [0.25, 0.3) is 22.2 Å². The van der Waals surface area contributed by atoms with Crippen LogP contribution in [0.1, 0.15) is 26.5 Å². The smallest absolute Gasteiger partial charge is 0.258 e. The van der Waals surface area contributed by atoms with Crippen molar-refractivity contribution in [3.63, 3.8) is 0 Å². The third-order valence-corrected chi connectivity index (χ3v) is 5.97. The van der Waals surface area contributed by atoms with E-state index in [2.05, 4.69) is 10.3 Å². The summed E-state index contributed by atoms with van der Waals surface area (Å²) in [5.74, 6) is -0.180. The molecule has 4 aromatic rings. The summed E-state index contributed by atoms with van der Waals surface area (Å²) >= 11 is 7.51. The Hall–Kier alpha value is -2.76. The van der Waals surface area contributed by atoms with E-state index in [1.165, 1.54) is 11.3 Å². The zero-order valence-corrected chi connectivity index (χ0v) is 17.3. The lowest BCUT2D eigenvalue weighted by Gasteiger charge is -2.14. The summed E-state index contributed by atoms with van der Waals surface area (Å²) in [5.41, 5.74) is 4.83. The summed E-state index contributed by atoms with van der Waals surface area (Å²) in [6.07, 6.45) is 0. The van der Waals surface area contributed by atoms with E-state index in [4.69, 9.17) is 16.6 Å². The molecule has 2 aromatic carbocycles. The number of hydrogen-bond donors (Lipinski definition) is 1. The van der Waals surface area contributed by atoms with Crippen LogP contribution >= 0.6 is 22.9 Å². The monoisotopic (exact) mass is 407 g/mol. The molecule has 4 rings (SSSR count). The van der Waals surface area contributed by atoms with Gasteiger partial charge in [0.25, 0.3) is 5.91 Å². The fourth-order valence-corrected chi connectivity index (χ4v) is 4.11. The highest BCUT2D eigenvalue weighted by Crippen LogP contribution is 2.31. The molecule has 4 nitrogen and oxygen atoms in total. The van der Waals surface area contributed by atoms with Crippen molar-refractivity contribution < 1.29 is 4.79 Å². The average Bonchev–Trinajstić information content (AvgIpc) is 2.99. The fraction of sp³-hybridized carbons (Fsp3) is 0.136. The highest BCUT2D eigenvalue weighted by atomic mass is 35.5. The molecule has 0 bridgehead atoms. The quantitative estimate of drug-likeness (QED) is 0.440. The van der Waals surface area contributed by atoms with Crippen molar-refractivity contribution in [2.24, 2.45) is 0 Å². The number of aromatic nitrogens is 2. The van der Waals surface area contributed by atoms with Gasteiger partial charge in [-0.05, 0) is 44.5 Å². The highest BCUT2D eigenvalue weighted by molar-refractivity contribution is 7.15. The van der Waals surface area contributed by atoms with Gasteiger partial charge in [0.05, 0.1) is 22.5 Å². The molecule has 140 valence electrons. The average molecular weight is 408 g/mol. The minimum atomic E-state index is -0.180. The Bertz CT molecular complexity index is 1180. The fourth-order valence-electron chi connectivity index (χ4n) is 3.17. The van der Waals surface area contributed by atoms with E-state index in [9.17, 15) is 4.79 Å². The number of hydrogen-bond acceptors (Lipinski definition) is 4. The normalized spacial score (nSPS) is 11.0. The second-order valence-electron chi connectivity index (χ2n) is 6.60. The zero-order chi connectivity index (χ0) is 19.8. The number of aryl methyl sites for hydroxylation is 2. The van der Waals surface area contributed by atoms with Crippen molar-refractivity contribution in [1.82, 2.24) is 9.97 Å². The number of anilines is 1. The molecule has 0 unspecified atom stereocenters. The Morgan fingerprint density at radius 2 is 1.71 bits per heavy atom. The molecular formula is C22H18ClN3OS. The summed E-state index contributed by atoms with van der Waals surface area (Å²) in [7, 11) is 0. The molecule has 0 atom stereocenters. The summed E-state index contributed by atoms with van der Waals surface area (Å²) in [6.45, 7) is 5.86. The molecule has 0 saturated heterocycles. The van der Waals surface area contributed by atoms with Gasteiger partial charge < -0.3 is 0 Å². The van der Waals surface area contributed by atoms with Gasteiger partial charge in [-0.1, -0.05) is 41.9 Å². The number of para-hydroxylation sites is 1. The van der Waals surface area contributed by atoms with Crippen LogP contribution in [0, 0.1) is 20.8 Å². The number of halogens is 1. The third-order valence-electron chi connectivity index (χ3n) is 4.73. The van der Waals surface area contributed by atoms with Crippen molar-refractivity contribution in [1.29, 1.82) is 0 Å². The van der Waals surface area contributed by atoms with Gasteiger partial charge in [-0.3, -0.25) is 10.1 Å². The first kappa shape index (κ1) is 18.6. The predicted molar refractivity (Wildman–Crippen MR) is 116 cm³/mol. The van der Waals surface area contributed by atoms with E-state index >= 15 is 0 Å². The minimum Gasteiger partial charge on any atom is -0.298 e. The summed E-state index contributed by atoms with van der Waals surface area (Å²) in [4.78, 5) is 23.5. The van der Waals surface area contributed by atoms with Crippen molar-refractivity contribution >= 4 is 44.9 Å². The molecule has 0 aliphatic carbocycles. The van der Waals surface area contributed by atoms with Crippen molar-refractivity contribution in [3.05, 3.63) is 75.3 Å².